The van der Waals surface area contributed by atoms with Crippen LogP contribution in [-0.2, 0) is 25.0 Å². The third-order valence-corrected chi connectivity index (χ3v) is 7.19. The first kappa shape index (κ1) is 20.1. The van der Waals surface area contributed by atoms with Crippen molar-refractivity contribution < 1.29 is 22.8 Å². The number of amides is 4. The van der Waals surface area contributed by atoms with Crippen LogP contribution in [0.15, 0.2) is 60.7 Å². The second-order valence-electron chi connectivity index (χ2n) is 7.47. The number of carbonyl (C=O) groups excluding carboxylic acids is 3. The lowest BCUT2D eigenvalue weighted by molar-refractivity contribution is -0.134. The Kier molecular flexibility index (Phi) is 5.07. The summed E-state index contributed by atoms with van der Waals surface area (Å²) in [7, 11) is -3.16. The predicted octanol–water partition coefficient (Wildman–Crippen LogP) is 0.785. The van der Waals surface area contributed by atoms with Crippen molar-refractivity contribution >= 4 is 27.7 Å². The fourth-order valence-corrected chi connectivity index (χ4v) is 5.65. The maximum Gasteiger partial charge on any atom is 0.326 e. The average Bonchev–Trinajstić information content (AvgIpc) is 3.20. The standard InChI is InChI=1S/C21H21N3O5S/c25-18(22-17-11-12-30(28,29)14-17)13-24-19(26)21(23-20(24)27,15-7-3-1-4-8-15)16-9-5-2-6-10-16/h1-10,17H,11-14H2,(H,22,25)(H,23,27)/t17-/m0/s1. The molecule has 2 aliphatic heterocycles. The van der Waals surface area contributed by atoms with Crippen LogP contribution in [-0.4, -0.2) is 55.3 Å². The van der Waals surface area contributed by atoms with Crippen molar-refractivity contribution in [2.24, 2.45) is 0 Å². The summed E-state index contributed by atoms with van der Waals surface area (Å²) in [5.41, 5.74) is -0.268. The third-order valence-electron chi connectivity index (χ3n) is 5.42. The highest BCUT2D eigenvalue weighted by Crippen LogP contribution is 2.35. The zero-order valence-corrected chi connectivity index (χ0v) is 16.9. The smallest absolute Gasteiger partial charge is 0.326 e. The zero-order chi connectivity index (χ0) is 21.4. The van der Waals surface area contributed by atoms with Crippen LogP contribution in [0.5, 0.6) is 0 Å². The van der Waals surface area contributed by atoms with Crippen LogP contribution in [0, 0.1) is 0 Å². The lowest BCUT2D eigenvalue weighted by Crippen LogP contribution is -2.47. The van der Waals surface area contributed by atoms with E-state index in [4.69, 9.17) is 0 Å². The Morgan fingerprint density at radius 3 is 2.10 bits per heavy atom. The average molecular weight is 427 g/mol. The van der Waals surface area contributed by atoms with E-state index in [-0.39, 0.29) is 11.5 Å². The van der Waals surface area contributed by atoms with Gasteiger partial charge in [-0.05, 0) is 17.5 Å². The molecular weight excluding hydrogens is 406 g/mol. The number of urea groups is 1. The summed E-state index contributed by atoms with van der Waals surface area (Å²) in [6.07, 6.45) is 0.326. The quantitative estimate of drug-likeness (QED) is 0.685. The molecule has 156 valence electrons. The van der Waals surface area contributed by atoms with E-state index < -0.39 is 45.8 Å². The van der Waals surface area contributed by atoms with Crippen LogP contribution < -0.4 is 10.6 Å². The molecular formula is C21H21N3O5S. The number of nitrogens with zero attached hydrogens (tertiary/aromatic N) is 1. The lowest BCUT2D eigenvalue weighted by atomic mass is 9.82. The van der Waals surface area contributed by atoms with E-state index in [2.05, 4.69) is 10.6 Å². The van der Waals surface area contributed by atoms with Gasteiger partial charge in [0, 0.05) is 6.04 Å². The normalized spacial score (nSPS) is 22.0. The van der Waals surface area contributed by atoms with E-state index in [0.29, 0.717) is 17.5 Å². The first-order chi connectivity index (χ1) is 14.3. The molecule has 2 aliphatic rings. The Morgan fingerprint density at radius 2 is 1.60 bits per heavy atom. The lowest BCUT2D eigenvalue weighted by Gasteiger charge is -2.28. The number of hydrogen-bond acceptors (Lipinski definition) is 5. The first-order valence-corrected chi connectivity index (χ1v) is 11.4. The fourth-order valence-electron chi connectivity index (χ4n) is 3.98. The molecule has 0 saturated carbocycles. The summed E-state index contributed by atoms with van der Waals surface area (Å²) < 4.78 is 23.2. The number of sulfone groups is 1. The van der Waals surface area contributed by atoms with E-state index in [0.717, 1.165) is 4.90 Å². The maximum atomic E-state index is 13.5. The minimum Gasteiger partial charge on any atom is -0.351 e. The topological polar surface area (TPSA) is 113 Å². The molecule has 9 heteroatoms. The van der Waals surface area contributed by atoms with Gasteiger partial charge in [-0.2, -0.15) is 0 Å². The van der Waals surface area contributed by atoms with Gasteiger partial charge in [-0.25, -0.2) is 13.2 Å². The minimum absolute atomic E-state index is 0.0200. The van der Waals surface area contributed by atoms with Crippen molar-refractivity contribution in [3.05, 3.63) is 71.8 Å². The number of benzene rings is 2. The van der Waals surface area contributed by atoms with Crippen LogP contribution in [0.2, 0.25) is 0 Å². The molecule has 8 nitrogen and oxygen atoms in total. The van der Waals surface area contributed by atoms with Gasteiger partial charge in [0.25, 0.3) is 5.91 Å². The number of hydrogen-bond donors (Lipinski definition) is 2. The van der Waals surface area contributed by atoms with Crippen molar-refractivity contribution in [3.8, 4) is 0 Å². The molecule has 2 aromatic rings. The molecule has 0 radical (unpaired) electrons. The van der Waals surface area contributed by atoms with Gasteiger partial charge in [0.2, 0.25) is 5.91 Å². The van der Waals surface area contributed by atoms with E-state index >= 15 is 0 Å². The predicted molar refractivity (Wildman–Crippen MR) is 109 cm³/mol. The molecule has 4 amide bonds. The molecule has 1 atom stereocenters. The van der Waals surface area contributed by atoms with Crippen LogP contribution in [0.25, 0.3) is 0 Å². The van der Waals surface area contributed by atoms with Crippen molar-refractivity contribution in [1.82, 2.24) is 15.5 Å². The Hall–Kier alpha value is -3.20. The van der Waals surface area contributed by atoms with E-state index in [1.807, 2.05) is 12.1 Å². The molecule has 2 N–H and O–H groups in total. The summed E-state index contributed by atoms with van der Waals surface area (Å²) in [5.74, 6) is -1.24. The summed E-state index contributed by atoms with van der Waals surface area (Å²) in [4.78, 5) is 39.6. The van der Waals surface area contributed by atoms with Crippen LogP contribution in [0.3, 0.4) is 0 Å². The first-order valence-electron chi connectivity index (χ1n) is 9.57. The highest BCUT2D eigenvalue weighted by molar-refractivity contribution is 7.91. The number of carbonyl (C=O) groups is 3. The van der Waals surface area contributed by atoms with Gasteiger partial charge < -0.3 is 10.6 Å². The second kappa shape index (κ2) is 7.56. The monoisotopic (exact) mass is 427 g/mol. The molecule has 30 heavy (non-hydrogen) atoms. The highest BCUT2D eigenvalue weighted by atomic mass is 32.2. The largest absolute Gasteiger partial charge is 0.351 e. The van der Waals surface area contributed by atoms with Gasteiger partial charge in [0.15, 0.2) is 15.4 Å². The molecule has 2 aromatic carbocycles. The van der Waals surface area contributed by atoms with Gasteiger partial charge in [0.05, 0.1) is 11.5 Å². The van der Waals surface area contributed by atoms with E-state index in [9.17, 15) is 22.8 Å². The number of imide groups is 1. The molecule has 0 spiro atoms. The highest BCUT2D eigenvalue weighted by Gasteiger charge is 2.54. The summed E-state index contributed by atoms with van der Waals surface area (Å²) in [6, 6.07) is 16.5. The summed E-state index contributed by atoms with van der Waals surface area (Å²) >= 11 is 0. The number of nitrogens with one attached hydrogen (secondary N) is 2. The Morgan fingerprint density at radius 1 is 1.03 bits per heavy atom. The van der Waals surface area contributed by atoms with E-state index in [1.165, 1.54) is 0 Å². The Balaban J connectivity index is 1.60. The maximum absolute atomic E-state index is 13.5. The fraction of sp³-hybridized carbons (Fsp3) is 0.286. The molecule has 2 heterocycles. The molecule has 4 rings (SSSR count). The third kappa shape index (κ3) is 3.56. The Bertz CT molecular complexity index is 1050. The van der Waals surface area contributed by atoms with Crippen molar-refractivity contribution in [2.45, 2.75) is 18.0 Å². The Labute approximate surface area is 174 Å². The zero-order valence-electron chi connectivity index (χ0n) is 16.1. The molecule has 2 saturated heterocycles. The van der Waals surface area contributed by atoms with E-state index in [1.54, 1.807) is 48.5 Å². The number of rotatable bonds is 5. The molecule has 0 bridgehead atoms. The van der Waals surface area contributed by atoms with Gasteiger partial charge in [-0.3, -0.25) is 14.5 Å². The van der Waals surface area contributed by atoms with Crippen molar-refractivity contribution in [1.29, 1.82) is 0 Å². The molecule has 0 aromatic heterocycles. The van der Waals surface area contributed by atoms with Gasteiger partial charge >= 0.3 is 6.03 Å². The van der Waals surface area contributed by atoms with Crippen LogP contribution in [0.1, 0.15) is 17.5 Å². The molecule has 0 unspecified atom stereocenters. The second-order valence-corrected chi connectivity index (χ2v) is 9.70. The molecule has 0 aliphatic carbocycles. The van der Waals surface area contributed by atoms with Crippen LogP contribution in [0.4, 0.5) is 4.79 Å². The van der Waals surface area contributed by atoms with Crippen molar-refractivity contribution in [2.75, 3.05) is 18.1 Å². The van der Waals surface area contributed by atoms with Gasteiger partial charge in [-0.15, -0.1) is 0 Å². The van der Waals surface area contributed by atoms with Crippen LogP contribution >= 0.6 is 0 Å². The molecule has 2 fully saturated rings. The minimum atomic E-state index is -3.16. The summed E-state index contributed by atoms with van der Waals surface area (Å²) in [5, 5.41) is 5.39. The van der Waals surface area contributed by atoms with Gasteiger partial charge in [-0.1, -0.05) is 60.7 Å². The SMILES string of the molecule is O=C(CN1C(=O)NC(c2ccccc2)(c2ccccc2)C1=O)N[C@H]1CCS(=O)(=O)C1. The van der Waals surface area contributed by atoms with Crippen molar-refractivity contribution in [3.63, 3.8) is 0 Å². The van der Waals surface area contributed by atoms with Gasteiger partial charge in [0.1, 0.15) is 6.54 Å². The summed E-state index contributed by atoms with van der Waals surface area (Å²) in [6.45, 7) is -0.484.